The van der Waals surface area contributed by atoms with Gasteiger partial charge in [0, 0.05) is 23.4 Å². The average Bonchev–Trinajstić information content (AvgIpc) is 3.35. The lowest BCUT2D eigenvalue weighted by Crippen LogP contribution is -2.33. The molecule has 0 bridgehead atoms. The normalized spacial score (nSPS) is 13.0. The van der Waals surface area contributed by atoms with Crippen LogP contribution in [-0.4, -0.2) is 46.4 Å². The quantitative estimate of drug-likeness (QED) is 0.307. The number of aromatic nitrogens is 2. The molecule has 3 N–H and O–H groups in total. The summed E-state index contributed by atoms with van der Waals surface area (Å²) in [6.07, 6.45) is 0.922. The number of nitrogens with one attached hydrogen (secondary N) is 2. The molecule has 0 aliphatic rings. The predicted molar refractivity (Wildman–Crippen MR) is 142 cm³/mol. The number of amides is 1. The molecule has 1 heterocycles. The molecule has 198 valence electrons. The van der Waals surface area contributed by atoms with E-state index in [1.807, 2.05) is 24.3 Å². The van der Waals surface area contributed by atoms with E-state index in [4.69, 9.17) is 14.3 Å². The van der Waals surface area contributed by atoms with Gasteiger partial charge in [-0.3, -0.25) is 9.59 Å². The third-order valence-corrected chi connectivity index (χ3v) is 6.25. The van der Waals surface area contributed by atoms with Crippen LogP contribution in [0.5, 0.6) is 6.08 Å². The van der Waals surface area contributed by atoms with Crippen LogP contribution >= 0.6 is 0 Å². The van der Waals surface area contributed by atoms with Crippen LogP contribution in [0.1, 0.15) is 63.4 Å². The first-order valence-corrected chi connectivity index (χ1v) is 12.5. The molecule has 0 radical (unpaired) electrons. The number of nitrogens with zero attached hydrogens (tertiary/aromatic N) is 2. The van der Waals surface area contributed by atoms with Gasteiger partial charge in [-0.2, -0.15) is 0 Å². The number of aliphatic carboxylic acids is 1. The summed E-state index contributed by atoms with van der Waals surface area (Å²) in [6, 6.07) is 15.0. The summed E-state index contributed by atoms with van der Waals surface area (Å²) in [5.41, 5.74) is 3.41. The van der Waals surface area contributed by atoms with Crippen molar-refractivity contribution >= 4 is 17.6 Å². The van der Waals surface area contributed by atoms with Crippen molar-refractivity contribution in [3.8, 4) is 17.5 Å². The highest BCUT2D eigenvalue weighted by Gasteiger charge is 2.20. The Bertz CT molecular complexity index is 1170. The average molecular weight is 509 g/mol. The van der Waals surface area contributed by atoms with Crippen LogP contribution in [0, 0.1) is 5.92 Å². The highest BCUT2D eigenvalue weighted by atomic mass is 16.6. The van der Waals surface area contributed by atoms with Gasteiger partial charge in [0.15, 0.2) is 0 Å². The fraction of sp³-hybridized carbons (Fsp3) is 0.429. The Morgan fingerprint density at radius 2 is 1.73 bits per heavy atom. The van der Waals surface area contributed by atoms with E-state index < -0.39 is 5.97 Å². The van der Waals surface area contributed by atoms with Crippen LogP contribution in [0.2, 0.25) is 0 Å². The van der Waals surface area contributed by atoms with Crippen molar-refractivity contribution in [3.63, 3.8) is 0 Å². The largest absolute Gasteiger partial charge is 0.481 e. The van der Waals surface area contributed by atoms with Gasteiger partial charge in [0.05, 0.1) is 12.5 Å². The molecule has 0 fully saturated rings. The Morgan fingerprint density at radius 3 is 2.32 bits per heavy atom. The lowest BCUT2D eigenvalue weighted by Gasteiger charge is -2.24. The van der Waals surface area contributed by atoms with Gasteiger partial charge in [0.2, 0.25) is 0 Å². The Kier molecular flexibility index (Phi) is 9.27. The Labute approximate surface area is 217 Å². The number of benzene rings is 2. The summed E-state index contributed by atoms with van der Waals surface area (Å²) in [5, 5.41) is 22.9. The third-order valence-electron chi connectivity index (χ3n) is 6.25. The molecule has 3 rings (SSSR count). The van der Waals surface area contributed by atoms with Gasteiger partial charge >= 0.3 is 12.0 Å². The summed E-state index contributed by atoms with van der Waals surface area (Å²) < 4.78 is 11.6. The molecule has 0 aliphatic heterocycles. The molecule has 0 saturated carbocycles. The highest BCUT2D eigenvalue weighted by Crippen LogP contribution is 2.27. The first kappa shape index (κ1) is 27.7. The Hall–Kier alpha value is -3.88. The zero-order chi connectivity index (χ0) is 27.0. The maximum absolute atomic E-state index is 12.2. The number of anilines is 1. The van der Waals surface area contributed by atoms with E-state index in [2.05, 4.69) is 67.6 Å². The number of carboxylic acid groups (broad SMARTS) is 1. The van der Waals surface area contributed by atoms with Crippen LogP contribution < -0.4 is 15.4 Å². The molecule has 3 aromatic rings. The van der Waals surface area contributed by atoms with Gasteiger partial charge in [0.25, 0.3) is 11.8 Å². The maximum atomic E-state index is 12.2. The number of carboxylic acids is 1. The van der Waals surface area contributed by atoms with Gasteiger partial charge in [-0.25, -0.2) is 0 Å². The van der Waals surface area contributed by atoms with Gasteiger partial charge in [-0.05, 0) is 53.3 Å². The van der Waals surface area contributed by atoms with E-state index in [0.29, 0.717) is 18.1 Å². The van der Waals surface area contributed by atoms with Gasteiger partial charge < -0.3 is 24.9 Å². The first-order chi connectivity index (χ1) is 17.6. The second-order valence-electron chi connectivity index (χ2n) is 10.1. The SMILES string of the molecule is CCC(C)[C@@H](COc1nnc(-c2ccc(C(C)(C)C)cc2)o1)Nc1ccc(C(=O)NCCC(=O)O)cc1. The van der Waals surface area contributed by atoms with E-state index in [0.717, 1.165) is 17.7 Å². The number of carbonyl (C=O) groups excluding carboxylic acids is 1. The van der Waals surface area contributed by atoms with E-state index in [1.54, 1.807) is 12.1 Å². The van der Waals surface area contributed by atoms with Crippen molar-refractivity contribution in [1.82, 2.24) is 15.5 Å². The number of hydrogen-bond donors (Lipinski definition) is 3. The molecule has 9 nitrogen and oxygen atoms in total. The summed E-state index contributed by atoms with van der Waals surface area (Å²) in [6.45, 7) is 11.1. The summed E-state index contributed by atoms with van der Waals surface area (Å²) in [7, 11) is 0. The number of ether oxygens (including phenoxy) is 1. The van der Waals surface area contributed by atoms with Gasteiger partial charge in [-0.15, -0.1) is 5.10 Å². The molecule has 0 spiro atoms. The third kappa shape index (κ3) is 8.06. The molecule has 37 heavy (non-hydrogen) atoms. The summed E-state index contributed by atoms with van der Waals surface area (Å²) in [4.78, 5) is 22.8. The van der Waals surface area contributed by atoms with E-state index >= 15 is 0 Å². The molecule has 0 aliphatic carbocycles. The second kappa shape index (κ2) is 12.4. The van der Waals surface area contributed by atoms with Crippen molar-refractivity contribution in [2.45, 2.75) is 58.9 Å². The van der Waals surface area contributed by atoms with E-state index in [9.17, 15) is 9.59 Å². The smallest absolute Gasteiger partial charge is 0.414 e. The summed E-state index contributed by atoms with van der Waals surface area (Å²) >= 11 is 0. The molecule has 2 atom stereocenters. The number of hydrogen-bond acceptors (Lipinski definition) is 7. The highest BCUT2D eigenvalue weighted by molar-refractivity contribution is 5.94. The fourth-order valence-electron chi connectivity index (χ4n) is 3.61. The van der Waals surface area contributed by atoms with E-state index in [1.165, 1.54) is 5.56 Å². The molecule has 1 amide bonds. The summed E-state index contributed by atoms with van der Waals surface area (Å²) in [5.74, 6) is -0.577. The minimum atomic E-state index is -0.954. The molecular weight excluding hydrogens is 472 g/mol. The monoisotopic (exact) mass is 508 g/mol. The predicted octanol–water partition coefficient (Wildman–Crippen LogP) is 5.14. The number of carbonyl (C=O) groups is 2. The standard InChI is InChI=1S/C28H36N4O5/c1-6-18(2)23(30-22-13-9-19(10-14-22)25(35)29-16-15-24(33)34)17-36-27-32-31-26(37-27)20-7-11-21(12-8-20)28(3,4)5/h7-14,18,23,30H,6,15-17H2,1-5H3,(H,29,35)(H,33,34)/t18?,23-/m1/s1. The zero-order valence-electron chi connectivity index (χ0n) is 22.1. The van der Waals surface area contributed by atoms with Gasteiger partial charge in [-0.1, -0.05) is 58.3 Å². The molecule has 2 aromatic carbocycles. The van der Waals surface area contributed by atoms with Crippen molar-refractivity contribution in [2.24, 2.45) is 5.92 Å². The Morgan fingerprint density at radius 1 is 1.05 bits per heavy atom. The van der Waals surface area contributed by atoms with Crippen molar-refractivity contribution in [2.75, 3.05) is 18.5 Å². The fourth-order valence-corrected chi connectivity index (χ4v) is 3.61. The molecule has 9 heteroatoms. The maximum Gasteiger partial charge on any atom is 0.414 e. The Balaban J connectivity index is 1.59. The minimum absolute atomic E-state index is 0.0401. The van der Waals surface area contributed by atoms with Crippen molar-refractivity contribution < 1.29 is 23.8 Å². The van der Waals surface area contributed by atoms with E-state index in [-0.39, 0.29) is 42.3 Å². The number of rotatable bonds is 12. The first-order valence-electron chi connectivity index (χ1n) is 12.5. The van der Waals surface area contributed by atoms with Gasteiger partial charge in [0.1, 0.15) is 6.61 Å². The molecule has 0 saturated heterocycles. The van der Waals surface area contributed by atoms with Crippen molar-refractivity contribution in [3.05, 3.63) is 59.7 Å². The lowest BCUT2D eigenvalue weighted by molar-refractivity contribution is -0.136. The molecular formula is C28H36N4O5. The zero-order valence-corrected chi connectivity index (χ0v) is 22.1. The van der Waals surface area contributed by atoms with Crippen LogP contribution in [-0.2, 0) is 10.2 Å². The van der Waals surface area contributed by atoms with Crippen LogP contribution in [0.15, 0.2) is 52.9 Å². The van der Waals surface area contributed by atoms with Crippen LogP contribution in [0.4, 0.5) is 5.69 Å². The molecule has 1 unspecified atom stereocenters. The minimum Gasteiger partial charge on any atom is -0.481 e. The van der Waals surface area contributed by atoms with Crippen LogP contribution in [0.3, 0.4) is 0 Å². The van der Waals surface area contributed by atoms with Crippen LogP contribution in [0.25, 0.3) is 11.5 Å². The second-order valence-corrected chi connectivity index (χ2v) is 10.1. The lowest BCUT2D eigenvalue weighted by atomic mass is 9.87. The van der Waals surface area contributed by atoms with Crippen molar-refractivity contribution in [1.29, 1.82) is 0 Å². The topological polar surface area (TPSA) is 127 Å². The molecule has 1 aromatic heterocycles.